The van der Waals surface area contributed by atoms with E-state index in [1.165, 1.54) is 0 Å². The zero-order valence-electron chi connectivity index (χ0n) is 18.5. The van der Waals surface area contributed by atoms with Crippen LogP contribution in [0.2, 0.25) is 0 Å². The molecule has 4 heteroatoms. The van der Waals surface area contributed by atoms with Crippen LogP contribution in [0.5, 0.6) is 11.5 Å². The lowest BCUT2D eigenvalue weighted by atomic mass is 10.1. The van der Waals surface area contributed by atoms with Gasteiger partial charge in [-0.05, 0) is 41.6 Å². The number of ether oxygens (including phenoxy) is 2. The fourth-order valence-electron chi connectivity index (χ4n) is 4.16. The van der Waals surface area contributed by atoms with Gasteiger partial charge in [-0.3, -0.25) is 0 Å². The lowest BCUT2D eigenvalue weighted by Gasteiger charge is -2.14. The molecule has 0 spiro atoms. The molecular weight excluding hydrogens is 408 g/mol. The third-order valence-corrected chi connectivity index (χ3v) is 5.75. The van der Waals surface area contributed by atoms with Crippen LogP contribution in [0, 0.1) is 0 Å². The maximum absolute atomic E-state index is 6.26. The van der Waals surface area contributed by atoms with E-state index in [0.717, 1.165) is 51.1 Å². The molecule has 0 unspecified atom stereocenters. The van der Waals surface area contributed by atoms with E-state index in [1.54, 1.807) is 0 Å². The molecule has 0 fully saturated rings. The van der Waals surface area contributed by atoms with Gasteiger partial charge < -0.3 is 14.0 Å². The van der Waals surface area contributed by atoms with E-state index < -0.39 is 0 Å². The second kappa shape index (κ2) is 9.61. The third-order valence-electron chi connectivity index (χ3n) is 5.75. The molecule has 5 aromatic rings. The summed E-state index contributed by atoms with van der Waals surface area (Å²) >= 11 is 0. The van der Waals surface area contributed by atoms with Gasteiger partial charge in [-0.1, -0.05) is 72.8 Å². The van der Waals surface area contributed by atoms with Crippen molar-refractivity contribution in [2.24, 2.45) is 0 Å². The highest BCUT2D eigenvalue weighted by Crippen LogP contribution is 2.26. The number of imidazole rings is 1. The number of rotatable bonds is 9. The molecule has 0 radical (unpaired) electrons. The number of para-hydroxylation sites is 3. The van der Waals surface area contributed by atoms with Crippen LogP contribution in [-0.4, -0.2) is 16.2 Å². The highest BCUT2D eigenvalue weighted by molar-refractivity contribution is 5.88. The Morgan fingerprint density at radius 3 is 2.48 bits per heavy atom. The van der Waals surface area contributed by atoms with Gasteiger partial charge in [-0.25, -0.2) is 4.98 Å². The zero-order valence-corrected chi connectivity index (χ0v) is 18.5. The summed E-state index contributed by atoms with van der Waals surface area (Å²) in [4.78, 5) is 4.85. The van der Waals surface area contributed by atoms with Crippen molar-refractivity contribution in [1.29, 1.82) is 0 Å². The Labute approximate surface area is 193 Å². The Kier molecular flexibility index (Phi) is 6.07. The van der Waals surface area contributed by atoms with Gasteiger partial charge in [0.05, 0.1) is 17.6 Å². The van der Waals surface area contributed by atoms with Crippen LogP contribution >= 0.6 is 0 Å². The third kappa shape index (κ3) is 4.46. The van der Waals surface area contributed by atoms with Crippen molar-refractivity contribution in [3.63, 3.8) is 0 Å². The predicted octanol–water partition coefficient (Wildman–Crippen LogP) is 6.58. The Hall–Kier alpha value is -4.05. The number of allylic oxidation sites excluding steroid dienone is 1. The Morgan fingerprint density at radius 2 is 1.55 bits per heavy atom. The first-order chi connectivity index (χ1) is 16.3. The van der Waals surface area contributed by atoms with E-state index in [2.05, 4.69) is 41.5 Å². The van der Waals surface area contributed by atoms with Crippen LogP contribution in [0.3, 0.4) is 0 Å². The molecule has 5 rings (SSSR count). The molecule has 164 valence electrons. The minimum absolute atomic E-state index is 0.385. The number of hydrogen-bond donors (Lipinski definition) is 0. The second-order valence-electron chi connectivity index (χ2n) is 7.88. The highest BCUT2D eigenvalue weighted by Gasteiger charge is 2.12. The molecule has 0 N–H and O–H groups in total. The van der Waals surface area contributed by atoms with Crippen LogP contribution in [0.4, 0.5) is 0 Å². The van der Waals surface area contributed by atoms with Gasteiger partial charge in [0.25, 0.3) is 0 Å². The normalized spacial score (nSPS) is 11.0. The summed E-state index contributed by atoms with van der Waals surface area (Å²) in [6, 6.07) is 30.7. The van der Waals surface area contributed by atoms with Gasteiger partial charge in [0.1, 0.15) is 30.5 Å². The summed E-state index contributed by atoms with van der Waals surface area (Å²) in [6.45, 7) is 5.45. The molecule has 33 heavy (non-hydrogen) atoms. The van der Waals surface area contributed by atoms with Crippen molar-refractivity contribution in [2.75, 3.05) is 6.61 Å². The number of aromatic nitrogens is 2. The maximum Gasteiger partial charge on any atom is 0.148 e. The molecule has 0 aliphatic heterocycles. The minimum atomic E-state index is 0.385. The highest BCUT2D eigenvalue weighted by atomic mass is 16.5. The quantitative estimate of drug-likeness (QED) is 0.246. The molecule has 0 saturated heterocycles. The number of hydrogen-bond acceptors (Lipinski definition) is 3. The van der Waals surface area contributed by atoms with Gasteiger partial charge in [-0.2, -0.15) is 0 Å². The summed E-state index contributed by atoms with van der Waals surface area (Å²) in [7, 11) is 0. The summed E-state index contributed by atoms with van der Waals surface area (Å²) in [5.41, 5.74) is 3.18. The molecule has 0 bridgehead atoms. The molecule has 0 amide bonds. The zero-order chi connectivity index (χ0) is 22.5. The monoisotopic (exact) mass is 434 g/mol. The van der Waals surface area contributed by atoms with Crippen LogP contribution in [0.1, 0.15) is 11.4 Å². The standard InChI is InChI=1S/C29H26N2O2/c1-2-10-23-12-4-8-17-27(23)32-20-19-31-26-16-7-6-15-25(26)30-29(31)21-33-28-18-9-13-22-11-3-5-14-24(22)28/h2-9,11-18H,1,10,19-21H2. The molecule has 0 aliphatic rings. The van der Waals surface area contributed by atoms with Crippen LogP contribution in [0.15, 0.2) is 104 Å². The van der Waals surface area contributed by atoms with Crippen molar-refractivity contribution in [3.05, 3.63) is 115 Å². The molecular formula is C29H26N2O2. The second-order valence-corrected chi connectivity index (χ2v) is 7.88. The Bertz CT molecular complexity index is 1400. The van der Waals surface area contributed by atoms with Gasteiger partial charge >= 0.3 is 0 Å². The summed E-state index contributed by atoms with van der Waals surface area (Å²) in [5.74, 6) is 2.64. The number of nitrogens with zero attached hydrogens (tertiary/aromatic N) is 2. The Balaban J connectivity index is 1.37. The fraction of sp³-hybridized carbons (Fsp3) is 0.138. The lowest BCUT2D eigenvalue weighted by Crippen LogP contribution is -2.13. The van der Waals surface area contributed by atoms with Gasteiger partial charge in [0.15, 0.2) is 0 Å². The molecule has 0 aliphatic carbocycles. The lowest BCUT2D eigenvalue weighted by molar-refractivity contribution is 0.273. The fourth-order valence-corrected chi connectivity index (χ4v) is 4.16. The molecule has 1 heterocycles. The molecule has 4 nitrogen and oxygen atoms in total. The Morgan fingerprint density at radius 1 is 0.788 bits per heavy atom. The van der Waals surface area contributed by atoms with Crippen LogP contribution < -0.4 is 9.47 Å². The molecule has 4 aromatic carbocycles. The van der Waals surface area contributed by atoms with Gasteiger partial charge in [0.2, 0.25) is 0 Å². The van der Waals surface area contributed by atoms with E-state index in [4.69, 9.17) is 14.5 Å². The number of fused-ring (bicyclic) bond motifs is 2. The van der Waals surface area contributed by atoms with Crippen molar-refractivity contribution in [1.82, 2.24) is 9.55 Å². The predicted molar refractivity (Wildman–Crippen MR) is 134 cm³/mol. The van der Waals surface area contributed by atoms with Crippen molar-refractivity contribution in [2.45, 2.75) is 19.6 Å². The van der Waals surface area contributed by atoms with E-state index in [1.807, 2.05) is 66.7 Å². The first kappa shape index (κ1) is 20.8. The topological polar surface area (TPSA) is 36.3 Å². The molecule has 0 saturated carbocycles. The van der Waals surface area contributed by atoms with Gasteiger partial charge in [0, 0.05) is 5.39 Å². The maximum atomic E-state index is 6.26. The van der Waals surface area contributed by atoms with Crippen LogP contribution in [0.25, 0.3) is 21.8 Å². The first-order valence-electron chi connectivity index (χ1n) is 11.2. The molecule has 0 atom stereocenters. The summed E-state index contributed by atoms with van der Waals surface area (Å²) in [6.07, 6.45) is 2.68. The summed E-state index contributed by atoms with van der Waals surface area (Å²) in [5, 5.41) is 2.26. The summed E-state index contributed by atoms with van der Waals surface area (Å²) < 4.78 is 14.6. The smallest absolute Gasteiger partial charge is 0.148 e. The first-order valence-corrected chi connectivity index (χ1v) is 11.2. The van der Waals surface area contributed by atoms with E-state index in [9.17, 15) is 0 Å². The van der Waals surface area contributed by atoms with Crippen molar-refractivity contribution in [3.8, 4) is 11.5 Å². The SMILES string of the molecule is C=CCc1ccccc1OCCn1c(COc2cccc3ccccc23)nc2ccccc21. The van der Waals surface area contributed by atoms with Gasteiger partial charge in [-0.15, -0.1) is 6.58 Å². The number of benzene rings is 4. The van der Waals surface area contributed by atoms with Crippen LogP contribution in [-0.2, 0) is 19.6 Å². The van der Waals surface area contributed by atoms with E-state index in [-0.39, 0.29) is 0 Å². The van der Waals surface area contributed by atoms with E-state index in [0.29, 0.717) is 19.8 Å². The average molecular weight is 435 g/mol. The van der Waals surface area contributed by atoms with Crippen molar-refractivity contribution < 1.29 is 9.47 Å². The minimum Gasteiger partial charge on any atom is -0.491 e. The van der Waals surface area contributed by atoms with Crippen molar-refractivity contribution >= 4 is 21.8 Å². The molecule has 1 aromatic heterocycles. The van der Waals surface area contributed by atoms with E-state index >= 15 is 0 Å². The average Bonchev–Trinajstić information content (AvgIpc) is 3.21. The largest absolute Gasteiger partial charge is 0.491 e.